The first-order valence-corrected chi connectivity index (χ1v) is 16.4. The number of esters is 1. The standard InChI is InChI=1S/C32H41N5O7S/c1-3-43-30(41)32(17-22-6-7-22)18-23-8-9-25(42-2)26(15-23)44-20-28(39)33-10-12-36(11-4-5-27(38)34-21-32)29(40)16-24-19-37-13-14-45-31(37)35-24/h8-9,13-15,19,22H,3-7,10-12,16-18,20-21H2,1-2H3,(H,33,39)(H,34,38). The molecule has 242 valence electrons. The molecular weight excluding hydrogens is 598 g/mol. The molecule has 0 spiro atoms. The van der Waals surface area contributed by atoms with Crippen molar-refractivity contribution in [2.45, 2.75) is 51.9 Å². The van der Waals surface area contributed by atoms with E-state index in [2.05, 4.69) is 15.6 Å². The molecule has 3 heterocycles. The smallest absolute Gasteiger partial charge is 0.314 e. The van der Waals surface area contributed by atoms with Crippen molar-refractivity contribution in [2.24, 2.45) is 11.3 Å². The maximum Gasteiger partial charge on any atom is 0.314 e. The fourth-order valence-corrected chi connectivity index (χ4v) is 6.45. The molecule has 1 unspecified atom stereocenters. The number of hydrogen-bond donors (Lipinski definition) is 2. The molecule has 0 radical (unpaired) electrons. The third-order valence-electron chi connectivity index (χ3n) is 8.20. The number of thiazole rings is 1. The SMILES string of the molecule is CCOC(=O)C1(CC2CC2)CNC(=O)CCCN(C(=O)Cc2cn3ccsc3n2)CCNC(=O)COc2cc(ccc2OC)C1. The number of nitrogens with zero attached hydrogens (tertiary/aromatic N) is 3. The average molecular weight is 640 g/mol. The number of benzene rings is 1. The van der Waals surface area contributed by atoms with Gasteiger partial charge in [-0.3, -0.25) is 23.6 Å². The van der Waals surface area contributed by atoms with Crippen molar-refractivity contribution in [1.29, 1.82) is 0 Å². The highest BCUT2D eigenvalue weighted by molar-refractivity contribution is 7.15. The molecule has 2 aromatic heterocycles. The number of hydrogen-bond acceptors (Lipinski definition) is 9. The first-order valence-electron chi connectivity index (χ1n) is 15.5. The summed E-state index contributed by atoms with van der Waals surface area (Å²) >= 11 is 1.49. The summed E-state index contributed by atoms with van der Waals surface area (Å²) in [5.74, 6) is 0.167. The summed E-state index contributed by atoms with van der Waals surface area (Å²) in [5.41, 5.74) is 0.493. The molecule has 1 saturated carbocycles. The number of aromatic nitrogens is 2. The Morgan fingerprint density at radius 1 is 1.18 bits per heavy atom. The Labute approximate surface area is 266 Å². The quantitative estimate of drug-likeness (QED) is 0.376. The van der Waals surface area contributed by atoms with E-state index in [9.17, 15) is 19.2 Å². The van der Waals surface area contributed by atoms with Crippen LogP contribution in [0.2, 0.25) is 0 Å². The molecule has 2 bridgehead atoms. The van der Waals surface area contributed by atoms with Crippen molar-refractivity contribution in [2.75, 3.05) is 46.5 Å². The Balaban J connectivity index is 1.36. The highest BCUT2D eigenvalue weighted by atomic mass is 32.1. The predicted molar refractivity (Wildman–Crippen MR) is 167 cm³/mol. The fourth-order valence-electron chi connectivity index (χ4n) is 5.73. The largest absolute Gasteiger partial charge is 0.493 e. The zero-order valence-corrected chi connectivity index (χ0v) is 26.7. The minimum absolute atomic E-state index is 0.108. The van der Waals surface area contributed by atoms with Gasteiger partial charge in [0.2, 0.25) is 11.8 Å². The third-order valence-corrected chi connectivity index (χ3v) is 8.97. The van der Waals surface area contributed by atoms with E-state index in [4.69, 9.17) is 14.2 Å². The van der Waals surface area contributed by atoms with Crippen molar-refractivity contribution < 1.29 is 33.4 Å². The summed E-state index contributed by atoms with van der Waals surface area (Å²) in [5, 5.41) is 7.76. The van der Waals surface area contributed by atoms with Crippen LogP contribution in [0.4, 0.5) is 0 Å². The summed E-state index contributed by atoms with van der Waals surface area (Å²) in [6, 6.07) is 5.39. The lowest BCUT2D eigenvalue weighted by atomic mass is 9.76. The number of rotatable bonds is 7. The van der Waals surface area contributed by atoms with Crippen molar-refractivity contribution in [3.8, 4) is 11.5 Å². The predicted octanol–water partition coefficient (Wildman–Crippen LogP) is 2.77. The number of fused-ring (bicyclic) bond motifs is 3. The van der Waals surface area contributed by atoms with E-state index in [1.54, 1.807) is 24.0 Å². The van der Waals surface area contributed by atoms with Crippen LogP contribution in [0.3, 0.4) is 0 Å². The molecule has 5 rings (SSSR count). The van der Waals surface area contributed by atoms with E-state index in [1.165, 1.54) is 18.4 Å². The van der Waals surface area contributed by atoms with E-state index < -0.39 is 5.41 Å². The van der Waals surface area contributed by atoms with Crippen molar-refractivity contribution in [1.82, 2.24) is 24.9 Å². The van der Waals surface area contributed by atoms with Crippen LogP contribution in [0.15, 0.2) is 36.0 Å². The highest BCUT2D eigenvalue weighted by Crippen LogP contribution is 2.43. The van der Waals surface area contributed by atoms with E-state index in [1.807, 2.05) is 28.2 Å². The van der Waals surface area contributed by atoms with Crippen LogP contribution in [0.1, 0.15) is 50.3 Å². The Hall–Kier alpha value is -4.13. The normalized spacial score (nSPS) is 20.4. The number of imidazole rings is 1. The molecule has 3 aromatic rings. The third kappa shape index (κ3) is 8.53. The second-order valence-corrected chi connectivity index (χ2v) is 12.6. The Bertz CT molecular complexity index is 1490. The van der Waals surface area contributed by atoms with Crippen molar-refractivity contribution >= 4 is 40.0 Å². The topological polar surface area (TPSA) is 141 Å². The Kier molecular flexibility index (Phi) is 10.6. The van der Waals surface area contributed by atoms with Crippen molar-refractivity contribution in [3.05, 3.63) is 47.2 Å². The van der Waals surface area contributed by atoms with Gasteiger partial charge in [-0.15, -0.1) is 11.3 Å². The van der Waals surface area contributed by atoms with Crippen molar-refractivity contribution in [3.63, 3.8) is 0 Å². The second-order valence-electron chi connectivity index (χ2n) is 11.7. The minimum Gasteiger partial charge on any atom is -0.493 e. The summed E-state index contributed by atoms with van der Waals surface area (Å²) in [6.45, 7) is 2.70. The van der Waals surface area contributed by atoms with Crippen LogP contribution in [-0.2, 0) is 36.8 Å². The zero-order chi connectivity index (χ0) is 31.8. The first-order chi connectivity index (χ1) is 21.8. The number of carbonyl (C=O) groups excluding carboxylic acids is 4. The number of carbonyl (C=O) groups is 4. The lowest BCUT2D eigenvalue weighted by Gasteiger charge is -2.32. The molecular formula is C32H41N5O7S. The average Bonchev–Trinajstić information content (AvgIpc) is 3.59. The molecule has 3 amide bonds. The molecule has 1 atom stereocenters. The van der Waals surface area contributed by atoms with Gasteiger partial charge in [0.1, 0.15) is 0 Å². The van der Waals surface area contributed by atoms with E-state index in [-0.39, 0.29) is 69.4 Å². The van der Waals surface area contributed by atoms with Gasteiger partial charge in [0, 0.05) is 50.4 Å². The summed E-state index contributed by atoms with van der Waals surface area (Å²) < 4.78 is 18.8. The zero-order valence-electron chi connectivity index (χ0n) is 25.8. The van der Waals surface area contributed by atoms with Gasteiger partial charge in [-0.05, 0) is 49.8 Å². The molecule has 45 heavy (non-hydrogen) atoms. The number of amides is 3. The van der Waals surface area contributed by atoms with Gasteiger partial charge in [0.05, 0.1) is 31.2 Å². The number of methoxy groups -OCH3 is 1. The Morgan fingerprint density at radius 2 is 2.02 bits per heavy atom. The molecule has 1 aromatic carbocycles. The Morgan fingerprint density at radius 3 is 2.78 bits per heavy atom. The van der Waals surface area contributed by atoms with Gasteiger partial charge in [-0.2, -0.15) is 0 Å². The highest BCUT2D eigenvalue weighted by Gasteiger charge is 2.44. The molecule has 1 fully saturated rings. The maximum atomic E-state index is 13.6. The van der Waals surface area contributed by atoms with Crippen LogP contribution in [0.25, 0.3) is 4.96 Å². The summed E-state index contributed by atoms with van der Waals surface area (Å²) in [4.78, 5) is 59.7. The van der Waals surface area contributed by atoms with Gasteiger partial charge in [0.25, 0.3) is 5.91 Å². The van der Waals surface area contributed by atoms with Crippen LogP contribution in [0, 0.1) is 11.3 Å². The molecule has 13 heteroatoms. The summed E-state index contributed by atoms with van der Waals surface area (Å²) in [6.07, 6.45) is 7.40. The van der Waals surface area contributed by atoms with E-state index in [0.29, 0.717) is 48.9 Å². The van der Waals surface area contributed by atoms with Crippen LogP contribution >= 0.6 is 11.3 Å². The van der Waals surface area contributed by atoms with Gasteiger partial charge < -0.3 is 29.7 Å². The molecule has 2 aliphatic rings. The van der Waals surface area contributed by atoms with Crippen LogP contribution in [0.5, 0.6) is 11.5 Å². The first kappa shape index (κ1) is 32.3. The van der Waals surface area contributed by atoms with Crippen LogP contribution < -0.4 is 20.1 Å². The molecule has 2 N–H and O–H groups in total. The molecule has 12 nitrogen and oxygen atoms in total. The van der Waals surface area contributed by atoms with Gasteiger partial charge >= 0.3 is 5.97 Å². The minimum atomic E-state index is -0.970. The number of nitrogens with one attached hydrogen (secondary N) is 2. The van der Waals surface area contributed by atoms with Gasteiger partial charge in [0.15, 0.2) is 23.1 Å². The van der Waals surface area contributed by atoms with Gasteiger partial charge in [-0.1, -0.05) is 18.9 Å². The molecule has 1 aliphatic carbocycles. The lowest BCUT2D eigenvalue weighted by molar-refractivity contribution is -0.156. The lowest BCUT2D eigenvalue weighted by Crippen LogP contribution is -2.46. The van der Waals surface area contributed by atoms with E-state index >= 15 is 0 Å². The monoisotopic (exact) mass is 639 g/mol. The summed E-state index contributed by atoms with van der Waals surface area (Å²) in [7, 11) is 1.52. The van der Waals surface area contributed by atoms with Crippen LogP contribution in [-0.4, -0.2) is 84.5 Å². The maximum absolute atomic E-state index is 13.6. The fraction of sp³-hybridized carbons (Fsp3) is 0.531. The van der Waals surface area contributed by atoms with E-state index in [0.717, 1.165) is 23.4 Å². The molecule has 0 saturated heterocycles. The number of ether oxygens (including phenoxy) is 3. The molecule has 1 aliphatic heterocycles. The second kappa shape index (κ2) is 14.8. The van der Waals surface area contributed by atoms with Gasteiger partial charge in [-0.25, -0.2) is 4.98 Å².